The van der Waals surface area contributed by atoms with E-state index in [0.29, 0.717) is 36.4 Å². The van der Waals surface area contributed by atoms with Crippen molar-refractivity contribution in [2.24, 2.45) is 0 Å². The molecule has 0 aliphatic carbocycles. The fourth-order valence-electron chi connectivity index (χ4n) is 3.10. The van der Waals surface area contributed by atoms with Crippen molar-refractivity contribution in [3.05, 3.63) is 35.4 Å². The van der Waals surface area contributed by atoms with Crippen LogP contribution in [0.1, 0.15) is 67.8 Å². The van der Waals surface area contributed by atoms with Crippen molar-refractivity contribution in [3.63, 3.8) is 0 Å². The Bertz CT molecular complexity index is 1020. The summed E-state index contributed by atoms with van der Waals surface area (Å²) in [4.78, 5) is 70.3. The van der Waals surface area contributed by atoms with E-state index in [-0.39, 0.29) is 41.8 Å². The Morgan fingerprint density at radius 2 is 1.20 bits per heavy atom. The number of hydroxylamine groups is 6. The van der Waals surface area contributed by atoms with E-state index in [1.807, 2.05) is 19.1 Å². The molecule has 1 aromatic rings. The number of hydrogen-bond acceptors (Lipinski definition) is 9. The summed E-state index contributed by atoms with van der Waals surface area (Å²) >= 11 is 0. The van der Waals surface area contributed by atoms with Crippen LogP contribution in [-0.4, -0.2) is 92.7 Å². The Kier molecular flexibility index (Phi) is 15.5. The minimum atomic E-state index is -0.866. The molecule has 0 radical (unpaired) electrons. The van der Waals surface area contributed by atoms with Crippen LogP contribution in [0.4, 0.5) is 0 Å². The molecule has 6 amide bonds. The molecule has 0 atom stereocenters. The molecular formula is C25H38N6O9. The van der Waals surface area contributed by atoms with E-state index in [0.717, 1.165) is 12.5 Å². The molecule has 15 nitrogen and oxygen atoms in total. The van der Waals surface area contributed by atoms with Crippen LogP contribution in [-0.2, 0) is 24.0 Å². The Morgan fingerprint density at radius 3 is 1.75 bits per heavy atom. The standard InChI is InChI=1S/C25H38N6O9/c1-18-6-8-20(9-7-18)25(37)26-14-4-3-5-15-29(38)23(35)12-10-22(34)28-17-31(40)24(36)13-11-21(33)27-16-30(39)19(2)32/h6-9,38-40H,3-5,10-17H2,1-2H3,(H,26,37)(H,27,33)(H,28,34). The molecule has 1 aromatic carbocycles. The summed E-state index contributed by atoms with van der Waals surface area (Å²) < 4.78 is 0. The van der Waals surface area contributed by atoms with Crippen molar-refractivity contribution in [1.82, 2.24) is 31.1 Å². The topological polar surface area (TPSA) is 209 Å². The molecule has 0 unspecified atom stereocenters. The molecule has 6 N–H and O–H groups in total. The number of amides is 6. The van der Waals surface area contributed by atoms with Gasteiger partial charge in [0.15, 0.2) is 0 Å². The molecule has 0 aromatic heterocycles. The Balaban J connectivity index is 2.14. The van der Waals surface area contributed by atoms with E-state index in [1.54, 1.807) is 12.1 Å². The van der Waals surface area contributed by atoms with Crippen LogP contribution in [0, 0.1) is 6.92 Å². The van der Waals surface area contributed by atoms with Crippen molar-refractivity contribution in [3.8, 4) is 0 Å². The summed E-state index contributed by atoms with van der Waals surface area (Å²) in [6.45, 7) is 2.50. The summed E-state index contributed by atoms with van der Waals surface area (Å²) in [7, 11) is 0. The maximum absolute atomic E-state index is 12.0. The van der Waals surface area contributed by atoms with Gasteiger partial charge in [0.2, 0.25) is 29.5 Å². The fourth-order valence-corrected chi connectivity index (χ4v) is 3.10. The normalized spacial score (nSPS) is 10.3. The lowest BCUT2D eigenvalue weighted by molar-refractivity contribution is -0.169. The summed E-state index contributed by atoms with van der Waals surface area (Å²) in [5.74, 6) is -3.69. The zero-order valence-corrected chi connectivity index (χ0v) is 22.7. The SMILES string of the molecule is CC(=O)N(O)CNC(=O)CCC(=O)N(O)CNC(=O)CCC(=O)N(O)CCCCCNC(=O)c1ccc(C)cc1. The molecule has 222 valence electrons. The molecule has 0 bridgehead atoms. The molecule has 0 saturated carbocycles. The van der Waals surface area contributed by atoms with E-state index in [4.69, 9.17) is 5.21 Å². The molecule has 0 saturated heterocycles. The van der Waals surface area contributed by atoms with Crippen molar-refractivity contribution < 1.29 is 44.4 Å². The predicted octanol–water partition coefficient (Wildman–Crippen LogP) is 0.276. The smallest absolute Gasteiger partial charge is 0.251 e. The molecule has 40 heavy (non-hydrogen) atoms. The quantitative estimate of drug-likeness (QED) is 0.0661. The number of nitrogens with zero attached hydrogens (tertiary/aromatic N) is 3. The highest BCUT2D eigenvalue weighted by molar-refractivity contribution is 5.94. The zero-order valence-electron chi connectivity index (χ0n) is 22.7. The van der Waals surface area contributed by atoms with Gasteiger partial charge in [-0.05, 0) is 38.3 Å². The van der Waals surface area contributed by atoms with Crippen LogP contribution in [0.5, 0.6) is 0 Å². The minimum absolute atomic E-state index is 0.0595. The van der Waals surface area contributed by atoms with E-state index < -0.39 is 49.3 Å². The van der Waals surface area contributed by atoms with Gasteiger partial charge < -0.3 is 16.0 Å². The molecular weight excluding hydrogens is 528 g/mol. The van der Waals surface area contributed by atoms with Gasteiger partial charge in [0, 0.05) is 51.3 Å². The van der Waals surface area contributed by atoms with Gasteiger partial charge in [0.05, 0.1) is 0 Å². The fraction of sp³-hybridized carbons (Fsp3) is 0.520. The van der Waals surface area contributed by atoms with E-state index in [9.17, 15) is 39.2 Å². The van der Waals surface area contributed by atoms with Crippen LogP contribution in [0.3, 0.4) is 0 Å². The van der Waals surface area contributed by atoms with Crippen LogP contribution in [0.2, 0.25) is 0 Å². The van der Waals surface area contributed by atoms with Gasteiger partial charge in [-0.2, -0.15) is 0 Å². The second-order valence-electron chi connectivity index (χ2n) is 8.93. The molecule has 0 spiro atoms. The first-order valence-electron chi connectivity index (χ1n) is 12.7. The Hall–Kier alpha value is -4.08. The third-order valence-corrected chi connectivity index (χ3v) is 5.57. The third kappa shape index (κ3) is 14.2. The molecule has 0 aliphatic rings. The van der Waals surface area contributed by atoms with Crippen LogP contribution in [0.15, 0.2) is 24.3 Å². The first-order valence-corrected chi connectivity index (χ1v) is 12.7. The van der Waals surface area contributed by atoms with Crippen LogP contribution >= 0.6 is 0 Å². The monoisotopic (exact) mass is 566 g/mol. The number of unbranched alkanes of at least 4 members (excludes halogenated alkanes) is 2. The molecule has 0 fully saturated rings. The second-order valence-corrected chi connectivity index (χ2v) is 8.93. The van der Waals surface area contributed by atoms with Gasteiger partial charge in [-0.3, -0.25) is 44.4 Å². The Labute approximate surface area is 232 Å². The highest BCUT2D eigenvalue weighted by Gasteiger charge is 2.16. The van der Waals surface area contributed by atoms with E-state index in [1.165, 1.54) is 0 Å². The lowest BCUT2D eigenvalue weighted by atomic mass is 10.1. The first kappa shape index (κ1) is 33.9. The number of hydrogen-bond donors (Lipinski definition) is 6. The van der Waals surface area contributed by atoms with Crippen LogP contribution < -0.4 is 16.0 Å². The lowest BCUT2D eigenvalue weighted by Gasteiger charge is -2.17. The maximum Gasteiger partial charge on any atom is 0.251 e. The number of benzene rings is 1. The number of carbonyl (C=O) groups is 6. The first-order chi connectivity index (χ1) is 18.9. The van der Waals surface area contributed by atoms with Gasteiger partial charge >= 0.3 is 0 Å². The second kappa shape index (κ2) is 18.3. The summed E-state index contributed by atoms with van der Waals surface area (Å²) in [5, 5.41) is 37.0. The summed E-state index contributed by atoms with van der Waals surface area (Å²) in [5.41, 5.74) is 1.63. The van der Waals surface area contributed by atoms with Gasteiger partial charge in [-0.15, -0.1) is 0 Å². The molecule has 0 aliphatic heterocycles. The van der Waals surface area contributed by atoms with Gasteiger partial charge in [0.25, 0.3) is 5.91 Å². The lowest BCUT2D eigenvalue weighted by Crippen LogP contribution is -2.41. The molecule has 1 rings (SSSR count). The van der Waals surface area contributed by atoms with Gasteiger partial charge in [-0.25, -0.2) is 15.2 Å². The number of aryl methyl sites for hydroxylation is 1. The number of nitrogens with one attached hydrogen (secondary N) is 3. The zero-order chi connectivity index (χ0) is 30.1. The summed E-state index contributed by atoms with van der Waals surface area (Å²) in [6, 6.07) is 7.20. The van der Waals surface area contributed by atoms with Gasteiger partial charge in [-0.1, -0.05) is 17.7 Å². The average molecular weight is 567 g/mol. The average Bonchev–Trinajstić information content (AvgIpc) is 2.93. The van der Waals surface area contributed by atoms with Crippen LogP contribution in [0.25, 0.3) is 0 Å². The highest BCUT2D eigenvalue weighted by atomic mass is 16.5. The third-order valence-electron chi connectivity index (χ3n) is 5.57. The predicted molar refractivity (Wildman–Crippen MR) is 138 cm³/mol. The maximum atomic E-state index is 12.0. The summed E-state index contributed by atoms with van der Waals surface area (Å²) in [6.07, 6.45) is 0.474. The molecule has 0 heterocycles. The van der Waals surface area contributed by atoms with Crippen molar-refractivity contribution >= 4 is 35.4 Å². The highest BCUT2D eigenvalue weighted by Crippen LogP contribution is 2.04. The van der Waals surface area contributed by atoms with Crippen molar-refractivity contribution in [1.29, 1.82) is 0 Å². The Morgan fingerprint density at radius 1 is 0.675 bits per heavy atom. The van der Waals surface area contributed by atoms with E-state index in [2.05, 4.69) is 16.0 Å². The van der Waals surface area contributed by atoms with Gasteiger partial charge in [0.1, 0.15) is 13.3 Å². The number of carbonyl (C=O) groups excluding carboxylic acids is 6. The minimum Gasteiger partial charge on any atom is -0.352 e. The molecule has 15 heteroatoms. The van der Waals surface area contributed by atoms with Crippen molar-refractivity contribution in [2.45, 2.75) is 58.8 Å². The largest absolute Gasteiger partial charge is 0.352 e. The van der Waals surface area contributed by atoms with E-state index >= 15 is 0 Å². The number of rotatable bonds is 17. The van der Waals surface area contributed by atoms with Crippen molar-refractivity contribution in [2.75, 3.05) is 26.4 Å².